The van der Waals surface area contributed by atoms with Crippen LogP contribution in [0.1, 0.15) is 58.5 Å². The zero-order valence-corrected chi connectivity index (χ0v) is 14.6. The number of amides is 1. The third-order valence-electron chi connectivity index (χ3n) is 4.53. The summed E-state index contributed by atoms with van der Waals surface area (Å²) in [6, 6.07) is 4.40. The molecule has 4 atom stereocenters. The molecule has 1 aliphatic heterocycles. The van der Waals surface area contributed by atoms with Crippen molar-refractivity contribution in [1.29, 1.82) is 0 Å². The van der Waals surface area contributed by atoms with E-state index in [2.05, 4.69) is 62.3 Å². The van der Waals surface area contributed by atoms with E-state index in [-0.39, 0.29) is 24.2 Å². The van der Waals surface area contributed by atoms with Crippen LogP contribution in [0.3, 0.4) is 0 Å². The highest BCUT2D eigenvalue weighted by Crippen LogP contribution is 2.34. The highest BCUT2D eigenvalue weighted by molar-refractivity contribution is 7.10. The van der Waals surface area contributed by atoms with Crippen molar-refractivity contribution in [2.24, 2.45) is 11.8 Å². The number of hydrogen-bond acceptors (Lipinski definition) is 3. The molecular formula is C17H28N2OS. The highest BCUT2D eigenvalue weighted by atomic mass is 32.1. The molecule has 2 rings (SSSR count). The topological polar surface area (TPSA) is 32.3 Å². The average Bonchev–Trinajstić information content (AvgIpc) is 3.05. The first-order valence-electron chi connectivity index (χ1n) is 8.07. The Kier molecular flexibility index (Phi) is 5.44. The van der Waals surface area contributed by atoms with Crippen LogP contribution >= 0.6 is 11.3 Å². The van der Waals surface area contributed by atoms with Gasteiger partial charge in [0.05, 0.1) is 6.04 Å². The van der Waals surface area contributed by atoms with Gasteiger partial charge in [-0.1, -0.05) is 40.2 Å². The van der Waals surface area contributed by atoms with Crippen molar-refractivity contribution >= 4 is 17.2 Å². The summed E-state index contributed by atoms with van der Waals surface area (Å²) in [7, 11) is 0. The summed E-state index contributed by atoms with van der Waals surface area (Å²) >= 11 is 1.73. The van der Waals surface area contributed by atoms with Crippen molar-refractivity contribution in [3.63, 3.8) is 0 Å². The number of nitrogens with zero attached hydrogens (tertiary/aromatic N) is 1. The molecule has 1 fully saturated rings. The van der Waals surface area contributed by atoms with Gasteiger partial charge in [0, 0.05) is 10.9 Å². The Balaban J connectivity index is 2.22. The number of carbonyl (C=O) groups excluding carboxylic acids is 1. The van der Waals surface area contributed by atoms with Gasteiger partial charge in [-0.15, -0.1) is 11.3 Å². The molecule has 0 radical (unpaired) electrons. The van der Waals surface area contributed by atoms with Gasteiger partial charge < -0.3 is 4.90 Å². The van der Waals surface area contributed by atoms with Gasteiger partial charge in [-0.25, -0.2) is 0 Å². The second-order valence-electron chi connectivity index (χ2n) is 6.65. The predicted octanol–water partition coefficient (Wildman–Crippen LogP) is 4.03. The third kappa shape index (κ3) is 3.49. The van der Waals surface area contributed by atoms with Gasteiger partial charge in [0.15, 0.2) is 0 Å². The first-order valence-corrected chi connectivity index (χ1v) is 8.95. The summed E-state index contributed by atoms with van der Waals surface area (Å²) in [5.41, 5.74) is 0. The third-order valence-corrected chi connectivity index (χ3v) is 5.46. The molecule has 0 saturated carbocycles. The van der Waals surface area contributed by atoms with E-state index in [1.54, 1.807) is 11.3 Å². The number of rotatable bonds is 6. The summed E-state index contributed by atoms with van der Waals surface area (Å²) in [5.74, 6) is 1.23. The van der Waals surface area contributed by atoms with E-state index in [4.69, 9.17) is 0 Å². The van der Waals surface area contributed by atoms with Crippen molar-refractivity contribution in [2.75, 3.05) is 0 Å². The molecule has 118 valence electrons. The fourth-order valence-corrected chi connectivity index (χ4v) is 3.87. The zero-order chi connectivity index (χ0) is 15.6. The number of carbonyl (C=O) groups is 1. The van der Waals surface area contributed by atoms with E-state index in [0.29, 0.717) is 11.8 Å². The monoisotopic (exact) mass is 308 g/mol. The summed E-state index contributed by atoms with van der Waals surface area (Å²) in [6.07, 6.45) is 2.28. The standard InChI is InChI=1S/C17H28N2OS/c1-6-12(4)10-13(5)19-16(14-8-7-9-21-14)18-15(11(2)3)17(19)20/h7-9,11-13,15-16,18H,6,10H2,1-5H3. The van der Waals surface area contributed by atoms with Crippen LogP contribution < -0.4 is 5.32 Å². The number of thiophene rings is 1. The van der Waals surface area contributed by atoms with Crippen LogP contribution in [-0.2, 0) is 4.79 Å². The number of hydrogen-bond donors (Lipinski definition) is 1. The average molecular weight is 308 g/mol. The van der Waals surface area contributed by atoms with Crippen molar-refractivity contribution < 1.29 is 4.79 Å². The summed E-state index contributed by atoms with van der Waals surface area (Å²) < 4.78 is 0. The predicted molar refractivity (Wildman–Crippen MR) is 89.2 cm³/mol. The molecule has 1 saturated heterocycles. The van der Waals surface area contributed by atoms with Gasteiger partial charge in [-0.3, -0.25) is 10.1 Å². The molecule has 1 aliphatic rings. The van der Waals surface area contributed by atoms with Crippen LogP contribution in [-0.4, -0.2) is 22.9 Å². The van der Waals surface area contributed by atoms with Crippen molar-refractivity contribution in [3.8, 4) is 0 Å². The van der Waals surface area contributed by atoms with Crippen molar-refractivity contribution in [3.05, 3.63) is 22.4 Å². The summed E-state index contributed by atoms with van der Waals surface area (Å²) in [6.45, 7) is 10.9. The first kappa shape index (κ1) is 16.5. The maximum Gasteiger partial charge on any atom is 0.241 e. The summed E-state index contributed by atoms with van der Waals surface area (Å²) in [5, 5.41) is 5.64. The quantitative estimate of drug-likeness (QED) is 0.860. The Morgan fingerprint density at radius 1 is 1.33 bits per heavy atom. The molecular weight excluding hydrogens is 280 g/mol. The molecule has 4 unspecified atom stereocenters. The van der Waals surface area contributed by atoms with E-state index < -0.39 is 0 Å². The molecule has 0 bridgehead atoms. The van der Waals surface area contributed by atoms with E-state index in [0.717, 1.165) is 12.8 Å². The lowest BCUT2D eigenvalue weighted by atomic mass is 9.98. The van der Waals surface area contributed by atoms with E-state index in [9.17, 15) is 4.79 Å². The molecule has 3 nitrogen and oxygen atoms in total. The maximum atomic E-state index is 12.8. The van der Waals surface area contributed by atoms with Crippen molar-refractivity contribution in [2.45, 2.75) is 65.7 Å². The molecule has 1 N–H and O–H groups in total. The van der Waals surface area contributed by atoms with E-state index in [1.165, 1.54) is 4.88 Å². The Labute approximate surface area is 132 Å². The van der Waals surface area contributed by atoms with Crippen LogP contribution in [0.15, 0.2) is 17.5 Å². The largest absolute Gasteiger partial charge is 0.318 e. The minimum Gasteiger partial charge on any atom is -0.318 e. The first-order chi connectivity index (χ1) is 9.95. The molecule has 4 heteroatoms. The Bertz CT molecular complexity index is 457. The zero-order valence-electron chi connectivity index (χ0n) is 13.8. The lowest BCUT2D eigenvalue weighted by Crippen LogP contribution is -2.40. The molecule has 1 aromatic heterocycles. The fourth-order valence-electron chi connectivity index (χ4n) is 3.09. The van der Waals surface area contributed by atoms with Crippen LogP contribution in [0, 0.1) is 11.8 Å². The van der Waals surface area contributed by atoms with Gasteiger partial charge in [0.25, 0.3) is 0 Å². The maximum absolute atomic E-state index is 12.8. The highest BCUT2D eigenvalue weighted by Gasteiger charge is 2.43. The smallest absolute Gasteiger partial charge is 0.241 e. The Morgan fingerprint density at radius 2 is 2.05 bits per heavy atom. The minimum atomic E-state index is -0.0588. The molecule has 2 heterocycles. The molecule has 0 aromatic carbocycles. The van der Waals surface area contributed by atoms with Crippen LogP contribution in [0.5, 0.6) is 0 Å². The molecule has 0 aliphatic carbocycles. The van der Waals surface area contributed by atoms with Crippen LogP contribution in [0.4, 0.5) is 0 Å². The van der Waals surface area contributed by atoms with Gasteiger partial charge in [0.1, 0.15) is 6.17 Å². The molecule has 1 amide bonds. The Hall–Kier alpha value is -0.870. The molecule has 1 aromatic rings. The van der Waals surface area contributed by atoms with E-state index in [1.807, 2.05) is 0 Å². The summed E-state index contributed by atoms with van der Waals surface area (Å²) in [4.78, 5) is 16.2. The molecule has 21 heavy (non-hydrogen) atoms. The van der Waals surface area contributed by atoms with Crippen molar-refractivity contribution in [1.82, 2.24) is 10.2 Å². The van der Waals surface area contributed by atoms with Gasteiger partial charge in [-0.2, -0.15) is 0 Å². The molecule has 0 spiro atoms. The fraction of sp³-hybridized carbons (Fsp3) is 0.706. The SMILES string of the molecule is CCC(C)CC(C)N1C(=O)C(C(C)C)NC1c1cccs1. The van der Waals surface area contributed by atoms with E-state index >= 15 is 0 Å². The van der Waals surface area contributed by atoms with Crippen LogP contribution in [0.25, 0.3) is 0 Å². The number of nitrogens with one attached hydrogen (secondary N) is 1. The van der Waals surface area contributed by atoms with Gasteiger partial charge in [0.2, 0.25) is 5.91 Å². The minimum absolute atomic E-state index is 0.0453. The second kappa shape index (κ2) is 6.93. The normalized spacial score (nSPS) is 25.6. The lowest BCUT2D eigenvalue weighted by molar-refractivity contribution is -0.133. The van der Waals surface area contributed by atoms with Gasteiger partial charge in [-0.05, 0) is 36.6 Å². The van der Waals surface area contributed by atoms with Gasteiger partial charge >= 0.3 is 0 Å². The van der Waals surface area contributed by atoms with Crippen LogP contribution in [0.2, 0.25) is 0 Å². The Morgan fingerprint density at radius 3 is 2.57 bits per heavy atom. The lowest BCUT2D eigenvalue weighted by Gasteiger charge is -2.31. The second-order valence-corrected chi connectivity index (χ2v) is 7.63.